The normalized spacial score (nSPS) is 17.7. The molecule has 3 rings (SSSR count). The van der Waals surface area contributed by atoms with Crippen LogP contribution in [0.4, 0.5) is 5.69 Å². The van der Waals surface area contributed by atoms with Gasteiger partial charge in [-0.3, -0.25) is 4.79 Å². The molecular formula is C22H28N2O4S. The third-order valence-corrected chi connectivity index (χ3v) is 7.05. The van der Waals surface area contributed by atoms with E-state index < -0.39 is 10.0 Å². The van der Waals surface area contributed by atoms with Gasteiger partial charge < -0.3 is 10.1 Å². The zero-order valence-electron chi connectivity index (χ0n) is 17.1. The van der Waals surface area contributed by atoms with E-state index >= 15 is 0 Å². The molecule has 2 aromatic rings. The average molecular weight is 417 g/mol. The van der Waals surface area contributed by atoms with E-state index in [1.54, 1.807) is 24.3 Å². The molecule has 0 saturated carbocycles. The van der Waals surface area contributed by atoms with Gasteiger partial charge in [-0.25, -0.2) is 8.42 Å². The van der Waals surface area contributed by atoms with Gasteiger partial charge >= 0.3 is 0 Å². The number of carbonyl (C=O) groups is 1. The maximum absolute atomic E-state index is 13.0. The Hall–Kier alpha value is -2.38. The highest BCUT2D eigenvalue weighted by Gasteiger charge is 2.33. The molecule has 0 radical (unpaired) electrons. The van der Waals surface area contributed by atoms with Crippen LogP contribution in [-0.2, 0) is 14.8 Å². The van der Waals surface area contributed by atoms with Crippen LogP contribution in [0.3, 0.4) is 0 Å². The zero-order chi connectivity index (χ0) is 21.0. The number of hydrogen-bond donors (Lipinski definition) is 1. The van der Waals surface area contributed by atoms with E-state index in [1.807, 2.05) is 39.0 Å². The van der Waals surface area contributed by atoms with Crippen molar-refractivity contribution in [3.63, 3.8) is 0 Å². The van der Waals surface area contributed by atoms with Crippen molar-refractivity contribution in [2.75, 3.05) is 25.0 Å². The molecule has 156 valence electrons. The standard InChI is InChI=1S/C22H28N2O4S/c1-4-28-19-8-10-20(11-9-19)29(26,27)24-13-5-6-18(15-24)22(25)23-21-12-7-16(2)14-17(21)3/h7-12,14,18H,4-6,13,15H2,1-3H3,(H,23,25)/t18-/m0/s1. The molecule has 1 N–H and O–H groups in total. The van der Waals surface area contributed by atoms with Gasteiger partial charge in [0.1, 0.15) is 5.75 Å². The molecule has 0 unspecified atom stereocenters. The van der Waals surface area contributed by atoms with E-state index in [9.17, 15) is 13.2 Å². The van der Waals surface area contributed by atoms with Gasteiger partial charge in [0.2, 0.25) is 15.9 Å². The lowest BCUT2D eigenvalue weighted by atomic mass is 9.98. The first-order chi connectivity index (χ1) is 13.8. The van der Waals surface area contributed by atoms with Gasteiger partial charge in [-0.05, 0) is 69.5 Å². The van der Waals surface area contributed by atoms with Crippen LogP contribution in [-0.4, -0.2) is 38.3 Å². The van der Waals surface area contributed by atoms with Crippen molar-refractivity contribution in [3.05, 3.63) is 53.6 Å². The molecule has 2 aromatic carbocycles. The maximum Gasteiger partial charge on any atom is 0.243 e. The van der Waals surface area contributed by atoms with Gasteiger partial charge in [0.05, 0.1) is 17.4 Å². The van der Waals surface area contributed by atoms with Crippen molar-refractivity contribution in [3.8, 4) is 5.75 Å². The van der Waals surface area contributed by atoms with Gasteiger partial charge in [-0.2, -0.15) is 4.31 Å². The molecule has 6 nitrogen and oxygen atoms in total. The number of amides is 1. The number of rotatable bonds is 6. The minimum atomic E-state index is -3.65. The first-order valence-electron chi connectivity index (χ1n) is 9.92. The van der Waals surface area contributed by atoms with Crippen LogP contribution < -0.4 is 10.1 Å². The molecule has 0 bridgehead atoms. The van der Waals surface area contributed by atoms with E-state index in [0.29, 0.717) is 31.7 Å². The SMILES string of the molecule is CCOc1ccc(S(=O)(=O)N2CCC[C@H](C(=O)Nc3ccc(C)cc3C)C2)cc1. The summed E-state index contributed by atoms with van der Waals surface area (Å²) < 4.78 is 32.9. The molecule has 1 amide bonds. The van der Waals surface area contributed by atoms with Crippen molar-refractivity contribution in [2.45, 2.75) is 38.5 Å². The van der Waals surface area contributed by atoms with E-state index in [4.69, 9.17) is 4.74 Å². The minimum Gasteiger partial charge on any atom is -0.494 e. The molecule has 0 aromatic heterocycles. The molecule has 29 heavy (non-hydrogen) atoms. The number of piperidine rings is 1. The number of aryl methyl sites for hydroxylation is 2. The summed E-state index contributed by atoms with van der Waals surface area (Å²) in [6, 6.07) is 12.3. The number of sulfonamides is 1. The number of carbonyl (C=O) groups excluding carboxylic acids is 1. The second-order valence-electron chi connectivity index (χ2n) is 7.41. The molecule has 1 aliphatic heterocycles. The van der Waals surface area contributed by atoms with Crippen LogP contribution in [0.2, 0.25) is 0 Å². The molecule has 1 saturated heterocycles. The van der Waals surface area contributed by atoms with Crippen LogP contribution in [0.5, 0.6) is 5.75 Å². The minimum absolute atomic E-state index is 0.136. The quantitative estimate of drug-likeness (QED) is 0.778. The first kappa shape index (κ1) is 21.3. The van der Waals surface area contributed by atoms with Crippen LogP contribution in [0.15, 0.2) is 47.4 Å². The van der Waals surface area contributed by atoms with Crippen LogP contribution >= 0.6 is 0 Å². The zero-order valence-corrected chi connectivity index (χ0v) is 18.0. The predicted molar refractivity (Wildman–Crippen MR) is 114 cm³/mol. The molecule has 0 spiro atoms. The van der Waals surface area contributed by atoms with Crippen molar-refractivity contribution in [2.24, 2.45) is 5.92 Å². The molecule has 1 fully saturated rings. The van der Waals surface area contributed by atoms with Crippen LogP contribution in [0.25, 0.3) is 0 Å². The van der Waals surface area contributed by atoms with Gasteiger partial charge in [-0.15, -0.1) is 0 Å². The largest absolute Gasteiger partial charge is 0.494 e. The lowest BCUT2D eigenvalue weighted by Gasteiger charge is -2.31. The highest BCUT2D eigenvalue weighted by molar-refractivity contribution is 7.89. The third-order valence-electron chi connectivity index (χ3n) is 5.17. The Morgan fingerprint density at radius 1 is 1.17 bits per heavy atom. The number of benzene rings is 2. The lowest BCUT2D eigenvalue weighted by Crippen LogP contribution is -2.43. The predicted octanol–water partition coefficient (Wildman–Crippen LogP) is 3.74. The van der Waals surface area contributed by atoms with Crippen LogP contribution in [0, 0.1) is 19.8 Å². The fourth-order valence-corrected chi connectivity index (χ4v) is 5.11. The molecular weight excluding hydrogens is 388 g/mol. The fraction of sp³-hybridized carbons (Fsp3) is 0.409. The number of nitrogens with zero attached hydrogens (tertiary/aromatic N) is 1. The molecule has 0 aliphatic carbocycles. The highest BCUT2D eigenvalue weighted by Crippen LogP contribution is 2.26. The van der Waals surface area contributed by atoms with Crippen molar-refractivity contribution in [1.82, 2.24) is 4.31 Å². The number of nitrogens with one attached hydrogen (secondary N) is 1. The Balaban J connectivity index is 1.71. The maximum atomic E-state index is 13.0. The number of ether oxygens (including phenoxy) is 1. The Labute approximate surface area is 172 Å². The van der Waals surface area contributed by atoms with E-state index in [1.165, 1.54) is 4.31 Å². The average Bonchev–Trinajstić information content (AvgIpc) is 2.71. The van der Waals surface area contributed by atoms with Gasteiger partial charge in [0, 0.05) is 18.8 Å². The smallest absolute Gasteiger partial charge is 0.243 e. The molecule has 1 aliphatic rings. The Morgan fingerprint density at radius 3 is 2.55 bits per heavy atom. The summed E-state index contributed by atoms with van der Waals surface area (Å²) in [6.45, 7) is 6.96. The summed E-state index contributed by atoms with van der Waals surface area (Å²) in [5, 5.41) is 2.96. The van der Waals surface area contributed by atoms with E-state index in [2.05, 4.69) is 5.32 Å². The van der Waals surface area contributed by atoms with Crippen molar-refractivity contribution in [1.29, 1.82) is 0 Å². The summed E-state index contributed by atoms with van der Waals surface area (Å²) in [5.41, 5.74) is 2.89. The Kier molecular flexibility index (Phi) is 6.59. The Bertz CT molecular complexity index is 971. The second-order valence-corrected chi connectivity index (χ2v) is 9.35. The summed E-state index contributed by atoms with van der Waals surface area (Å²) in [6.07, 6.45) is 1.33. The third kappa shape index (κ3) is 4.97. The van der Waals surface area contributed by atoms with Gasteiger partial charge in [0.25, 0.3) is 0 Å². The topological polar surface area (TPSA) is 75.7 Å². The lowest BCUT2D eigenvalue weighted by molar-refractivity contribution is -0.120. The van der Waals surface area contributed by atoms with Crippen molar-refractivity contribution >= 4 is 21.6 Å². The molecule has 1 atom stereocenters. The monoisotopic (exact) mass is 416 g/mol. The van der Waals surface area contributed by atoms with Crippen LogP contribution in [0.1, 0.15) is 30.9 Å². The van der Waals surface area contributed by atoms with Gasteiger partial charge in [-0.1, -0.05) is 17.7 Å². The highest BCUT2D eigenvalue weighted by atomic mass is 32.2. The summed E-state index contributed by atoms with van der Waals surface area (Å²) in [5.74, 6) is 0.126. The molecule has 1 heterocycles. The molecule has 7 heteroatoms. The first-order valence-corrected chi connectivity index (χ1v) is 11.4. The van der Waals surface area contributed by atoms with E-state index in [0.717, 1.165) is 16.8 Å². The van der Waals surface area contributed by atoms with Crippen molar-refractivity contribution < 1.29 is 17.9 Å². The number of hydrogen-bond acceptors (Lipinski definition) is 4. The second kappa shape index (κ2) is 8.97. The summed E-state index contributed by atoms with van der Waals surface area (Å²) in [4.78, 5) is 13.0. The van der Waals surface area contributed by atoms with Gasteiger partial charge in [0.15, 0.2) is 0 Å². The van der Waals surface area contributed by atoms with E-state index in [-0.39, 0.29) is 23.3 Å². The summed E-state index contributed by atoms with van der Waals surface area (Å²) in [7, 11) is -3.65. The Morgan fingerprint density at radius 2 is 1.90 bits per heavy atom. The fourth-order valence-electron chi connectivity index (χ4n) is 3.59. The number of anilines is 1. The summed E-state index contributed by atoms with van der Waals surface area (Å²) >= 11 is 0.